The Morgan fingerprint density at radius 3 is 2.07 bits per heavy atom. The number of carbonyl (C=O) groups excluding carboxylic acids is 2. The molecule has 0 unspecified atom stereocenters. The number of nitrogens with one attached hydrogen (secondary N) is 1. The maximum Gasteiger partial charge on any atom is 0.416 e. The van der Waals surface area contributed by atoms with Crippen LogP contribution in [0, 0.1) is 0 Å². The standard InChI is InChI=1S/C17H12F5NO4/c18-16(19)27-13-7-1-10(2-8-13)15(25)26-9-14(24)23-12-5-3-11(4-6-12)17(20,21)22/h1-8,16H,9H2,(H,23,24). The molecule has 1 amide bonds. The molecule has 27 heavy (non-hydrogen) atoms. The quantitative estimate of drug-likeness (QED) is 0.597. The first-order chi connectivity index (χ1) is 12.6. The number of halogens is 5. The maximum atomic E-state index is 12.5. The van der Waals surface area contributed by atoms with Gasteiger partial charge in [-0.2, -0.15) is 22.0 Å². The molecule has 10 heteroatoms. The molecule has 0 heterocycles. The molecule has 0 radical (unpaired) electrons. The number of carbonyl (C=O) groups is 2. The lowest BCUT2D eigenvalue weighted by molar-refractivity contribution is -0.137. The lowest BCUT2D eigenvalue weighted by Gasteiger charge is -2.09. The highest BCUT2D eigenvalue weighted by molar-refractivity contribution is 5.95. The molecule has 0 bridgehead atoms. The van der Waals surface area contributed by atoms with Gasteiger partial charge in [-0.3, -0.25) is 4.79 Å². The zero-order valence-corrected chi connectivity index (χ0v) is 13.4. The van der Waals surface area contributed by atoms with Gasteiger partial charge in [0.2, 0.25) is 0 Å². The second-order valence-corrected chi connectivity index (χ2v) is 5.10. The first kappa shape index (κ1) is 20.1. The van der Waals surface area contributed by atoms with E-state index in [1.54, 1.807) is 0 Å². The summed E-state index contributed by atoms with van der Waals surface area (Å²) >= 11 is 0. The van der Waals surface area contributed by atoms with Crippen LogP contribution < -0.4 is 10.1 Å². The average molecular weight is 389 g/mol. The van der Waals surface area contributed by atoms with Crippen molar-refractivity contribution in [3.63, 3.8) is 0 Å². The van der Waals surface area contributed by atoms with E-state index in [9.17, 15) is 31.5 Å². The van der Waals surface area contributed by atoms with E-state index in [0.29, 0.717) is 0 Å². The summed E-state index contributed by atoms with van der Waals surface area (Å²) in [6.45, 7) is -3.69. The number of rotatable bonds is 6. The van der Waals surface area contributed by atoms with Gasteiger partial charge in [0.25, 0.3) is 5.91 Å². The summed E-state index contributed by atoms with van der Waals surface area (Å²) in [5.74, 6) is -1.80. The fourth-order valence-electron chi connectivity index (χ4n) is 1.93. The highest BCUT2D eigenvalue weighted by Crippen LogP contribution is 2.29. The van der Waals surface area contributed by atoms with Crippen molar-refractivity contribution in [1.29, 1.82) is 0 Å². The minimum atomic E-state index is -4.49. The highest BCUT2D eigenvalue weighted by Gasteiger charge is 2.30. The Balaban J connectivity index is 1.85. The van der Waals surface area contributed by atoms with E-state index in [-0.39, 0.29) is 17.0 Å². The van der Waals surface area contributed by atoms with Crippen LogP contribution in [0.1, 0.15) is 15.9 Å². The summed E-state index contributed by atoms with van der Waals surface area (Å²) in [6.07, 6.45) is -4.49. The lowest BCUT2D eigenvalue weighted by Crippen LogP contribution is -2.21. The second kappa shape index (κ2) is 8.47. The number of esters is 1. The topological polar surface area (TPSA) is 64.6 Å². The van der Waals surface area contributed by atoms with Gasteiger partial charge in [0.15, 0.2) is 6.61 Å². The normalized spacial score (nSPS) is 11.2. The molecule has 144 valence electrons. The third-order valence-corrected chi connectivity index (χ3v) is 3.15. The van der Waals surface area contributed by atoms with Crippen molar-refractivity contribution in [1.82, 2.24) is 0 Å². The molecule has 0 saturated heterocycles. The summed E-state index contributed by atoms with van der Waals surface area (Å²) in [6, 6.07) is 8.32. The molecule has 0 spiro atoms. The SMILES string of the molecule is O=C(COC(=O)c1ccc(OC(F)F)cc1)Nc1ccc(C(F)(F)F)cc1. The summed E-state index contributed by atoms with van der Waals surface area (Å²) < 4.78 is 70.3. The van der Waals surface area contributed by atoms with E-state index in [4.69, 9.17) is 4.74 Å². The number of hydrogen-bond donors (Lipinski definition) is 1. The van der Waals surface area contributed by atoms with E-state index in [0.717, 1.165) is 36.4 Å². The van der Waals surface area contributed by atoms with Crippen LogP contribution in [0.5, 0.6) is 5.75 Å². The Labute approximate surface area is 149 Å². The number of ether oxygens (including phenoxy) is 2. The van der Waals surface area contributed by atoms with Crippen LogP contribution in [-0.4, -0.2) is 25.1 Å². The van der Waals surface area contributed by atoms with Gasteiger partial charge in [-0.1, -0.05) is 0 Å². The number of anilines is 1. The smallest absolute Gasteiger partial charge is 0.416 e. The van der Waals surface area contributed by atoms with E-state index < -0.39 is 36.8 Å². The van der Waals surface area contributed by atoms with Crippen LogP contribution in [0.25, 0.3) is 0 Å². The van der Waals surface area contributed by atoms with Crippen LogP contribution in [0.15, 0.2) is 48.5 Å². The number of alkyl halides is 5. The first-order valence-electron chi connectivity index (χ1n) is 7.34. The van der Waals surface area contributed by atoms with Gasteiger partial charge >= 0.3 is 18.8 Å². The van der Waals surface area contributed by atoms with Crippen molar-refractivity contribution >= 4 is 17.6 Å². The average Bonchev–Trinajstić information content (AvgIpc) is 2.59. The fraction of sp³-hybridized carbons (Fsp3) is 0.176. The zero-order valence-electron chi connectivity index (χ0n) is 13.4. The molecule has 5 nitrogen and oxygen atoms in total. The van der Waals surface area contributed by atoms with E-state index in [1.165, 1.54) is 12.1 Å². The molecule has 0 fully saturated rings. The van der Waals surface area contributed by atoms with Gasteiger partial charge in [-0.15, -0.1) is 0 Å². The third-order valence-electron chi connectivity index (χ3n) is 3.15. The van der Waals surface area contributed by atoms with Crippen LogP contribution in [0.3, 0.4) is 0 Å². The number of hydrogen-bond acceptors (Lipinski definition) is 4. The lowest BCUT2D eigenvalue weighted by atomic mass is 10.2. The molecule has 2 aromatic carbocycles. The Bertz CT molecular complexity index is 788. The molecule has 1 N–H and O–H groups in total. The van der Waals surface area contributed by atoms with Crippen LogP contribution in [0.2, 0.25) is 0 Å². The van der Waals surface area contributed by atoms with Gasteiger partial charge in [0.05, 0.1) is 11.1 Å². The van der Waals surface area contributed by atoms with Crippen LogP contribution >= 0.6 is 0 Å². The first-order valence-corrected chi connectivity index (χ1v) is 7.34. The van der Waals surface area contributed by atoms with Crippen LogP contribution in [0.4, 0.5) is 27.6 Å². The molecular weight excluding hydrogens is 377 g/mol. The van der Waals surface area contributed by atoms with Gasteiger partial charge in [-0.05, 0) is 48.5 Å². The van der Waals surface area contributed by atoms with Crippen molar-refractivity contribution in [2.75, 3.05) is 11.9 Å². The number of benzene rings is 2. The largest absolute Gasteiger partial charge is 0.452 e. The molecule has 2 aromatic rings. The molecular formula is C17H12F5NO4. The van der Waals surface area contributed by atoms with Crippen LogP contribution in [-0.2, 0) is 15.7 Å². The Morgan fingerprint density at radius 1 is 0.963 bits per heavy atom. The minimum absolute atomic E-state index is 0.000976. The van der Waals surface area contributed by atoms with Crippen molar-refractivity contribution in [3.8, 4) is 5.75 Å². The van der Waals surface area contributed by atoms with Gasteiger partial charge < -0.3 is 14.8 Å². The van der Waals surface area contributed by atoms with E-state index in [2.05, 4.69) is 10.1 Å². The molecule has 2 rings (SSSR count). The summed E-state index contributed by atoms with van der Waals surface area (Å²) in [5, 5.41) is 2.27. The molecule has 0 saturated carbocycles. The summed E-state index contributed by atoms with van der Waals surface area (Å²) in [4.78, 5) is 23.5. The molecule has 0 aliphatic carbocycles. The summed E-state index contributed by atoms with van der Waals surface area (Å²) in [5.41, 5.74) is -0.775. The van der Waals surface area contributed by atoms with Gasteiger partial charge in [0.1, 0.15) is 5.75 Å². The van der Waals surface area contributed by atoms with Crippen molar-refractivity contribution < 1.29 is 41.0 Å². The predicted octanol–water partition coefficient (Wildman–Crippen LogP) is 4.10. The highest BCUT2D eigenvalue weighted by atomic mass is 19.4. The van der Waals surface area contributed by atoms with Gasteiger partial charge in [0, 0.05) is 5.69 Å². The fourth-order valence-corrected chi connectivity index (χ4v) is 1.93. The second-order valence-electron chi connectivity index (χ2n) is 5.10. The van der Waals surface area contributed by atoms with E-state index >= 15 is 0 Å². The zero-order chi connectivity index (χ0) is 20.0. The maximum absolute atomic E-state index is 12.5. The summed E-state index contributed by atoms with van der Waals surface area (Å²) in [7, 11) is 0. The molecule has 0 aliphatic rings. The Kier molecular flexibility index (Phi) is 6.32. The van der Waals surface area contributed by atoms with E-state index in [1.807, 2.05) is 0 Å². The Morgan fingerprint density at radius 2 is 1.56 bits per heavy atom. The molecule has 0 atom stereocenters. The van der Waals surface area contributed by atoms with Gasteiger partial charge in [-0.25, -0.2) is 4.79 Å². The number of amides is 1. The van der Waals surface area contributed by atoms with Crippen molar-refractivity contribution in [2.24, 2.45) is 0 Å². The molecule has 0 aromatic heterocycles. The molecule has 0 aliphatic heterocycles. The monoisotopic (exact) mass is 389 g/mol. The van der Waals surface area contributed by atoms with Crippen molar-refractivity contribution in [2.45, 2.75) is 12.8 Å². The minimum Gasteiger partial charge on any atom is -0.452 e. The Hall–Kier alpha value is -3.17. The predicted molar refractivity (Wildman–Crippen MR) is 83.4 cm³/mol. The third kappa shape index (κ3) is 6.24. The van der Waals surface area contributed by atoms with Crippen molar-refractivity contribution in [3.05, 3.63) is 59.7 Å².